The van der Waals surface area contributed by atoms with Crippen molar-refractivity contribution in [1.82, 2.24) is 9.89 Å². The third kappa shape index (κ3) is 4.00. The van der Waals surface area contributed by atoms with Gasteiger partial charge in [-0.15, -0.1) is 9.89 Å². The number of fused-ring (bicyclic) bond motifs is 1. The van der Waals surface area contributed by atoms with Crippen molar-refractivity contribution in [3.05, 3.63) is 69.5 Å². The summed E-state index contributed by atoms with van der Waals surface area (Å²) in [4.78, 5) is 28.6. The van der Waals surface area contributed by atoms with E-state index in [1.165, 1.54) is 0 Å². The van der Waals surface area contributed by atoms with E-state index in [-0.39, 0.29) is 17.9 Å². The summed E-state index contributed by atoms with van der Waals surface area (Å²) in [6, 6.07) is 14.4. The highest BCUT2D eigenvalue weighted by atomic mass is 35.5. The number of anilines is 1. The summed E-state index contributed by atoms with van der Waals surface area (Å²) in [6.45, 7) is 1.72. The molecule has 3 aromatic rings. The van der Waals surface area contributed by atoms with E-state index in [4.69, 9.17) is 11.6 Å². The van der Waals surface area contributed by atoms with Crippen LogP contribution in [0.15, 0.2) is 53.3 Å². The van der Waals surface area contributed by atoms with Gasteiger partial charge in [0.2, 0.25) is 5.91 Å². The van der Waals surface area contributed by atoms with E-state index in [1.54, 1.807) is 30.3 Å². The van der Waals surface area contributed by atoms with Gasteiger partial charge in [-0.3, -0.25) is 9.59 Å². The highest BCUT2D eigenvalue weighted by Gasteiger charge is 2.19. The van der Waals surface area contributed by atoms with Gasteiger partial charge < -0.3 is 4.90 Å². The summed E-state index contributed by atoms with van der Waals surface area (Å²) in [5, 5.41) is 6.45. The van der Waals surface area contributed by atoms with Crippen LogP contribution < -0.4 is 15.9 Å². The van der Waals surface area contributed by atoms with Crippen molar-refractivity contribution >= 4 is 45.9 Å². The van der Waals surface area contributed by atoms with Crippen molar-refractivity contribution in [2.75, 3.05) is 34.9 Å². The number of hydrogen-bond donors (Lipinski definition) is 1. The SMILES string of the molecule is O=C(Cc1ccc(Cl)cc1)Nn1nc(N2CCSCC2)c2ccccc2c1=O. The van der Waals surface area contributed by atoms with Crippen LogP contribution in [0.25, 0.3) is 10.8 Å². The van der Waals surface area contributed by atoms with Gasteiger partial charge in [0.05, 0.1) is 11.8 Å². The molecule has 2 aromatic carbocycles. The van der Waals surface area contributed by atoms with Crippen LogP contribution in [0.4, 0.5) is 5.82 Å². The number of nitrogens with one attached hydrogen (secondary N) is 1. The van der Waals surface area contributed by atoms with Gasteiger partial charge in [0, 0.05) is 35.0 Å². The molecular formula is C20H19ClN4O2S. The summed E-state index contributed by atoms with van der Waals surface area (Å²) in [6.07, 6.45) is 0.133. The molecule has 144 valence electrons. The molecule has 0 spiro atoms. The minimum atomic E-state index is -0.338. The fourth-order valence-corrected chi connectivity index (χ4v) is 4.23. The predicted octanol–water partition coefficient (Wildman–Crippen LogP) is 2.92. The van der Waals surface area contributed by atoms with Crippen molar-refractivity contribution in [3.8, 4) is 0 Å². The smallest absolute Gasteiger partial charge is 0.294 e. The Morgan fingerprint density at radius 1 is 1.07 bits per heavy atom. The zero-order valence-electron chi connectivity index (χ0n) is 15.1. The molecule has 1 aromatic heterocycles. The quantitative estimate of drug-likeness (QED) is 0.711. The van der Waals surface area contributed by atoms with Gasteiger partial charge in [-0.05, 0) is 23.8 Å². The van der Waals surface area contributed by atoms with E-state index in [9.17, 15) is 9.59 Å². The first-order chi connectivity index (χ1) is 13.6. The van der Waals surface area contributed by atoms with Crippen molar-refractivity contribution in [3.63, 3.8) is 0 Å². The fraction of sp³-hybridized carbons (Fsp3) is 0.250. The highest BCUT2D eigenvalue weighted by molar-refractivity contribution is 7.99. The Bertz CT molecular complexity index is 1060. The molecule has 6 nitrogen and oxygen atoms in total. The molecule has 0 bridgehead atoms. The molecule has 0 saturated carbocycles. The standard InChI is InChI=1S/C20H19ClN4O2S/c21-15-7-5-14(6-8-15)13-18(26)22-25-20(27)17-4-2-1-3-16(17)19(23-25)24-9-11-28-12-10-24/h1-8H,9-13H2,(H,22,26). The largest absolute Gasteiger partial charge is 0.353 e. The second kappa shape index (κ2) is 8.24. The number of aromatic nitrogens is 2. The van der Waals surface area contributed by atoms with E-state index in [2.05, 4.69) is 15.4 Å². The molecule has 0 atom stereocenters. The maximum atomic E-state index is 12.8. The van der Waals surface area contributed by atoms with E-state index in [0.717, 1.165) is 46.2 Å². The first-order valence-corrected chi connectivity index (χ1v) is 10.5. The summed E-state index contributed by atoms with van der Waals surface area (Å²) in [5.74, 6) is 2.44. The molecular weight excluding hydrogens is 396 g/mol. The Hall–Kier alpha value is -2.51. The molecule has 0 unspecified atom stereocenters. The number of nitrogens with zero attached hydrogens (tertiary/aromatic N) is 3. The lowest BCUT2D eigenvalue weighted by atomic mass is 10.1. The normalized spacial score (nSPS) is 14.2. The molecule has 1 aliphatic rings. The topological polar surface area (TPSA) is 67.2 Å². The zero-order chi connectivity index (χ0) is 19.5. The highest BCUT2D eigenvalue weighted by Crippen LogP contribution is 2.24. The predicted molar refractivity (Wildman–Crippen MR) is 115 cm³/mol. The van der Waals surface area contributed by atoms with Crippen LogP contribution in [0, 0.1) is 0 Å². The first-order valence-electron chi connectivity index (χ1n) is 9.01. The lowest BCUT2D eigenvalue weighted by molar-refractivity contribution is -0.116. The minimum absolute atomic E-state index is 0.133. The van der Waals surface area contributed by atoms with E-state index in [0.29, 0.717) is 10.4 Å². The molecule has 1 fully saturated rings. The number of thioether (sulfide) groups is 1. The Morgan fingerprint density at radius 2 is 1.75 bits per heavy atom. The number of hydrogen-bond acceptors (Lipinski definition) is 5. The maximum Gasteiger partial charge on any atom is 0.294 e. The van der Waals surface area contributed by atoms with Gasteiger partial charge in [-0.1, -0.05) is 41.9 Å². The van der Waals surface area contributed by atoms with E-state index >= 15 is 0 Å². The number of carbonyl (C=O) groups is 1. The Labute approximate surface area is 171 Å². The Morgan fingerprint density at radius 3 is 2.46 bits per heavy atom. The van der Waals surface area contributed by atoms with Crippen molar-refractivity contribution in [2.24, 2.45) is 0 Å². The zero-order valence-corrected chi connectivity index (χ0v) is 16.7. The molecule has 1 N–H and O–H groups in total. The summed E-state index contributed by atoms with van der Waals surface area (Å²) in [7, 11) is 0. The molecule has 1 amide bonds. The van der Waals surface area contributed by atoms with Crippen LogP contribution in [0.5, 0.6) is 0 Å². The molecule has 0 radical (unpaired) electrons. The molecule has 0 aliphatic carbocycles. The van der Waals surface area contributed by atoms with E-state index < -0.39 is 0 Å². The third-order valence-electron chi connectivity index (χ3n) is 4.60. The average Bonchev–Trinajstić information content (AvgIpc) is 2.72. The Balaban J connectivity index is 1.66. The maximum absolute atomic E-state index is 12.8. The lowest BCUT2D eigenvalue weighted by Crippen LogP contribution is -2.39. The van der Waals surface area contributed by atoms with Gasteiger partial charge in [-0.25, -0.2) is 5.43 Å². The van der Waals surface area contributed by atoms with Gasteiger partial charge in [0.25, 0.3) is 5.56 Å². The Kier molecular flexibility index (Phi) is 5.54. The van der Waals surface area contributed by atoms with Gasteiger partial charge in [0.15, 0.2) is 5.82 Å². The average molecular weight is 415 g/mol. The second-order valence-corrected chi connectivity index (χ2v) is 8.18. The second-order valence-electron chi connectivity index (χ2n) is 6.52. The number of carbonyl (C=O) groups excluding carboxylic acids is 1. The van der Waals surface area contributed by atoms with Crippen LogP contribution in [-0.2, 0) is 11.2 Å². The monoisotopic (exact) mass is 414 g/mol. The van der Waals surface area contributed by atoms with Crippen LogP contribution in [0.1, 0.15) is 5.56 Å². The number of amides is 1. The first kappa shape index (κ1) is 18.8. The minimum Gasteiger partial charge on any atom is -0.353 e. The van der Waals surface area contributed by atoms with Crippen molar-refractivity contribution in [2.45, 2.75) is 6.42 Å². The number of benzene rings is 2. The molecule has 2 heterocycles. The van der Waals surface area contributed by atoms with Gasteiger partial charge in [0.1, 0.15) is 0 Å². The molecule has 1 saturated heterocycles. The van der Waals surface area contributed by atoms with Crippen molar-refractivity contribution < 1.29 is 4.79 Å². The van der Waals surface area contributed by atoms with Crippen LogP contribution in [0.2, 0.25) is 5.02 Å². The van der Waals surface area contributed by atoms with Crippen LogP contribution >= 0.6 is 23.4 Å². The molecule has 28 heavy (non-hydrogen) atoms. The third-order valence-corrected chi connectivity index (χ3v) is 5.80. The van der Waals surface area contributed by atoms with E-state index in [1.807, 2.05) is 30.0 Å². The molecule has 4 rings (SSSR count). The molecule has 8 heteroatoms. The lowest BCUT2D eigenvalue weighted by Gasteiger charge is -2.28. The summed E-state index contributed by atoms with van der Waals surface area (Å²) < 4.78 is 0. The fourth-order valence-electron chi connectivity index (χ4n) is 3.20. The van der Waals surface area contributed by atoms with Gasteiger partial charge in [-0.2, -0.15) is 11.8 Å². The summed E-state index contributed by atoms with van der Waals surface area (Å²) in [5.41, 5.74) is 3.11. The van der Waals surface area contributed by atoms with Gasteiger partial charge >= 0.3 is 0 Å². The molecule has 1 aliphatic heterocycles. The van der Waals surface area contributed by atoms with Crippen molar-refractivity contribution in [1.29, 1.82) is 0 Å². The van der Waals surface area contributed by atoms with Crippen LogP contribution in [-0.4, -0.2) is 40.4 Å². The summed E-state index contributed by atoms with van der Waals surface area (Å²) >= 11 is 7.79. The van der Waals surface area contributed by atoms with Crippen LogP contribution in [0.3, 0.4) is 0 Å². The number of rotatable bonds is 4. The number of halogens is 1.